The lowest BCUT2D eigenvalue weighted by atomic mass is 9.97. The van der Waals surface area contributed by atoms with Crippen LogP contribution >= 0.6 is 0 Å². The maximum atomic E-state index is 11.5. The standard InChI is InChI=1S/C14H22N6O/c1-2-7-19(9-11-3-5-15-6-4-11)12-8-13-17-18-14(21)20(13)10-16-12/h8,10-11,15H,2-7,9H2,1H3,(H,18,21). The lowest BCUT2D eigenvalue weighted by Gasteiger charge is -2.30. The van der Waals surface area contributed by atoms with Gasteiger partial charge in [-0.3, -0.25) is 0 Å². The normalized spacial score (nSPS) is 16.4. The Morgan fingerprint density at radius 2 is 2.24 bits per heavy atom. The van der Waals surface area contributed by atoms with Gasteiger partial charge in [-0.1, -0.05) is 6.92 Å². The number of aromatic nitrogens is 4. The van der Waals surface area contributed by atoms with Crippen LogP contribution in [0.5, 0.6) is 0 Å². The first kappa shape index (κ1) is 14.1. The molecular weight excluding hydrogens is 268 g/mol. The largest absolute Gasteiger partial charge is 0.356 e. The maximum absolute atomic E-state index is 11.5. The van der Waals surface area contributed by atoms with Gasteiger partial charge >= 0.3 is 5.69 Å². The van der Waals surface area contributed by atoms with Gasteiger partial charge in [-0.05, 0) is 38.3 Å². The highest BCUT2D eigenvalue weighted by molar-refractivity contribution is 5.50. The molecule has 0 bridgehead atoms. The number of rotatable bonds is 5. The van der Waals surface area contributed by atoms with Gasteiger partial charge in [-0.25, -0.2) is 19.3 Å². The zero-order chi connectivity index (χ0) is 14.7. The third-order valence-electron chi connectivity index (χ3n) is 4.05. The molecule has 2 N–H and O–H groups in total. The molecule has 0 unspecified atom stereocenters. The first-order chi connectivity index (χ1) is 10.3. The second kappa shape index (κ2) is 6.26. The summed E-state index contributed by atoms with van der Waals surface area (Å²) in [4.78, 5) is 18.2. The molecule has 0 radical (unpaired) electrons. The smallest absolute Gasteiger partial charge is 0.348 e. The minimum Gasteiger partial charge on any atom is -0.356 e. The third kappa shape index (κ3) is 3.07. The molecule has 2 aromatic rings. The van der Waals surface area contributed by atoms with Gasteiger partial charge in [-0.2, -0.15) is 5.10 Å². The van der Waals surface area contributed by atoms with Crippen molar-refractivity contribution in [3.05, 3.63) is 22.9 Å². The quantitative estimate of drug-likeness (QED) is 0.844. The van der Waals surface area contributed by atoms with E-state index in [9.17, 15) is 4.79 Å². The lowest BCUT2D eigenvalue weighted by Crippen LogP contribution is -2.37. The molecule has 3 heterocycles. The molecule has 7 heteroatoms. The second-order valence-electron chi connectivity index (χ2n) is 5.64. The van der Waals surface area contributed by atoms with E-state index in [0.717, 1.165) is 38.4 Å². The molecule has 114 valence electrons. The van der Waals surface area contributed by atoms with E-state index in [4.69, 9.17) is 0 Å². The van der Waals surface area contributed by atoms with E-state index in [-0.39, 0.29) is 5.69 Å². The van der Waals surface area contributed by atoms with E-state index in [2.05, 4.69) is 32.3 Å². The fraction of sp³-hybridized carbons (Fsp3) is 0.643. The monoisotopic (exact) mass is 290 g/mol. The number of H-pyrrole nitrogens is 1. The fourth-order valence-electron chi connectivity index (χ4n) is 2.92. The van der Waals surface area contributed by atoms with Crippen LogP contribution in [0.3, 0.4) is 0 Å². The summed E-state index contributed by atoms with van der Waals surface area (Å²) in [6.45, 7) is 6.37. The number of nitrogens with one attached hydrogen (secondary N) is 2. The van der Waals surface area contributed by atoms with E-state index < -0.39 is 0 Å². The average Bonchev–Trinajstić information content (AvgIpc) is 2.89. The van der Waals surface area contributed by atoms with Crippen molar-refractivity contribution in [3.8, 4) is 0 Å². The molecule has 1 fully saturated rings. The Hall–Kier alpha value is -1.89. The predicted octanol–water partition coefficient (Wildman–Crippen LogP) is 0.634. The number of hydrogen-bond acceptors (Lipinski definition) is 5. The van der Waals surface area contributed by atoms with Crippen LogP contribution in [-0.2, 0) is 0 Å². The van der Waals surface area contributed by atoms with Gasteiger partial charge in [0.05, 0.1) is 0 Å². The molecule has 0 aromatic carbocycles. The first-order valence-corrected chi connectivity index (χ1v) is 7.66. The highest BCUT2D eigenvalue weighted by Crippen LogP contribution is 2.19. The Morgan fingerprint density at radius 3 is 3.00 bits per heavy atom. The highest BCUT2D eigenvalue weighted by Gasteiger charge is 2.18. The zero-order valence-electron chi connectivity index (χ0n) is 12.4. The molecule has 0 atom stereocenters. The van der Waals surface area contributed by atoms with Crippen molar-refractivity contribution in [2.24, 2.45) is 5.92 Å². The molecule has 7 nitrogen and oxygen atoms in total. The van der Waals surface area contributed by atoms with Crippen LogP contribution in [0.1, 0.15) is 26.2 Å². The Labute approximate surface area is 123 Å². The number of nitrogens with zero attached hydrogens (tertiary/aromatic N) is 4. The number of piperidine rings is 1. The molecule has 1 aliphatic heterocycles. The minimum absolute atomic E-state index is 0.246. The summed E-state index contributed by atoms with van der Waals surface area (Å²) >= 11 is 0. The maximum Gasteiger partial charge on any atom is 0.348 e. The SMILES string of the molecule is CCCN(CC1CCNCC1)c1cc2n[nH]c(=O)n2cn1. The van der Waals surface area contributed by atoms with Gasteiger partial charge in [0.1, 0.15) is 12.1 Å². The van der Waals surface area contributed by atoms with Crippen LogP contribution in [0, 0.1) is 5.92 Å². The molecule has 21 heavy (non-hydrogen) atoms. The third-order valence-corrected chi connectivity index (χ3v) is 4.05. The van der Waals surface area contributed by atoms with Gasteiger partial charge in [0.2, 0.25) is 0 Å². The molecule has 1 saturated heterocycles. The van der Waals surface area contributed by atoms with Crippen molar-refractivity contribution in [2.45, 2.75) is 26.2 Å². The summed E-state index contributed by atoms with van der Waals surface area (Å²) in [5, 5.41) is 9.86. The van der Waals surface area contributed by atoms with Crippen LogP contribution in [0.2, 0.25) is 0 Å². The van der Waals surface area contributed by atoms with Crippen LogP contribution in [0.25, 0.3) is 5.65 Å². The Morgan fingerprint density at radius 1 is 1.43 bits per heavy atom. The van der Waals surface area contributed by atoms with E-state index in [1.807, 2.05) is 6.07 Å². The molecule has 1 aliphatic rings. The van der Waals surface area contributed by atoms with Crippen molar-refractivity contribution in [1.29, 1.82) is 0 Å². The van der Waals surface area contributed by atoms with Crippen LogP contribution in [0.4, 0.5) is 5.82 Å². The van der Waals surface area contributed by atoms with E-state index in [0.29, 0.717) is 11.6 Å². The van der Waals surface area contributed by atoms with Crippen LogP contribution in [-0.4, -0.2) is 45.8 Å². The second-order valence-corrected chi connectivity index (χ2v) is 5.64. The van der Waals surface area contributed by atoms with Gasteiger partial charge < -0.3 is 10.2 Å². The van der Waals surface area contributed by atoms with E-state index in [1.165, 1.54) is 17.2 Å². The van der Waals surface area contributed by atoms with Crippen LogP contribution in [0.15, 0.2) is 17.2 Å². The van der Waals surface area contributed by atoms with Gasteiger partial charge in [-0.15, -0.1) is 0 Å². The fourth-order valence-corrected chi connectivity index (χ4v) is 2.92. The average molecular weight is 290 g/mol. The predicted molar refractivity (Wildman–Crippen MR) is 81.7 cm³/mol. The highest BCUT2D eigenvalue weighted by atomic mass is 16.1. The number of fused-ring (bicyclic) bond motifs is 1. The Bertz CT molecular complexity index is 642. The molecular formula is C14H22N6O. The van der Waals surface area contributed by atoms with Crippen molar-refractivity contribution < 1.29 is 0 Å². The number of anilines is 1. The van der Waals surface area contributed by atoms with Crippen LogP contribution < -0.4 is 15.9 Å². The van der Waals surface area contributed by atoms with E-state index >= 15 is 0 Å². The Balaban J connectivity index is 1.81. The first-order valence-electron chi connectivity index (χ1n) is 7.66. The summed E-state index contributed by atoms with van der Waals surface area (Å²) < 4.78 is 1.43. The van der Waals surface area contributed by atoms with Gasteiger partial charge in [0, 0.05) is 19.2 Å². The number of hydrogen-bond donors (Lipinski definition) is 2. The van der Waals surface area contributed by atoms with Crippen molar-refractivity contribution >= 4 is 11.5 Å². The van der Waals surface area contributed by atoms with Crippen molar-refractivity contribution in [1.82, 2.24) is 24.9 Å². The molecule has 3 rings (SSSR count). The summed E-state index contributed by atoms with van der Waals surface area (Å²) in [5.74, 6) is 1.61. The van der Waals surface area contributed by atoms with Gasteiger partial charge in [0.25, 0.3) is 0 Å². The zero-order valence-corrected chi connectivity index (χ0v) is 12.4. The van der Waals surface area contributed by atoms with E-state index in [1.54, 1.807) is 6.33 Å². The molecule has 0 saturated carbocycles. The molecule has 0 aliphatic carbocycles. The minimum atomic E-state index is -0.246. The number of aromatic amines is 1. The molecule has 2 aromatic heterocycles. The van der Waals surface area contributed by atoms with Crippen molar-refractivity contribution in [2.75, 3.05) is 31.1 Å². The topological polar surface area (TPSA) is 78.3 Å². The van der Waals surface area contributed by atoms with Gasteiger partial charge in [0.15, 0.2) is 5.65 Å². The Kier molecular flexibility index (Phi) is 4.19. The summed E-state index contributed by atoms with van der Waals surface area (Å²) in [5.41, 5.74) is 0.376. The molecule has 0 amide bonds. The summed E-state index contributed by atoms with van der Waals surface area (Å²) in [6.07, 6.45) is 5.06. The molecule has 0 spiro atoms. The van der Waals surface area contributed by atoms with Crippen molar-refractivity contribution in [3.63, 3.8) is 0 Å². The summed E-state index contributed by atoms with van der Waals surface area (Å²) in [6, 6.07) is 1.88. The lowest BCUT2D eigenvalue weighted by molar-refractivity contribution is 0.372. The summed E-state index contributed by atoms with van der Waals surface area (Å²) in [7, 11) is 0.